The fraction of sp³-hybridized carbons (Fsp3) is 0.500. The van der Waals surface area contributed by atoms with Crippen LogP contribution in [0.25, 0.3) is 0 Å². The summed E-state index contributed by atoms with van der Waals surface area (Å²) in [6.07, 6.45) is 6.31. The van der Waals surface area contributed by atoms with Crippen LogP contribution in [0.3, 0.4) is 0 Å². The van der Waals surface area contributed by atoms with Crippen LogP contribution in [0.15, 0.2) is 25.4 Å². The quantitative estimate of drug-likeness (QED) is 0.585. The van der Waals surface area contributed by atoms with E-state index in [9.17, 15) is 4.79 Å². The summed E-state index contributed by atoms with van der Waals surface area (Å²) in [6, 6.07) is 0. The third kappa shape index (κ3) is 1.76. The van der Waals surface area contributed by atoms with Crippen molar-refractivity contribution >= 4 is 5.91 Å². The predicted molar refractivity (Wildman–Crippen MR) is 49.4 cm³/mol. The lowest BCUT2D eigenvalue weighted by Crippen LogP contribution is -2.37. The molecule has 1 unspecified atom stereocenters. The molecule has 1 atom stereocenters. The first-order valence-electron chi connectivity index (χ1n) is 4.33. The van der Waals surface area contributed by atoms with Crippen LogP contribution in [0.2, 0.25) is 0 Å². The fourth-order valence-electron chi connectivity index (χ4n) is 1.58. The van der Waals surface area contributed by atoms with Gasteiger partial charge in [-0.1, -0.05) is 12.7 Å². The Balaban J connectivity index is 2.58. The Bertz CT molecular complexity index is 198. The van der Waals surface area contributed by atoms with Gasteiger partial charge in [-0.3, -0.25) is 4.79 Å². The number of piperidine rings is 1. The van der Waals surface area contributed by atoms with E-state index in [1.165, 1.54) is 0 Å². The molecule has 2 heteroatoms. The minimum absolute atomic E-state index is 0.147. The van der Waals surface area contributed by atoms with Crippen LogP contribution in [-0.4, -0.2) is 17.4 Å². The molecule has 2 nitrogen and oxygen atoms in total. The van der Waals surface area contributed by atoms with Gasteiger partial charge in [0.25, 0.3) is 0 Å². The maximum absolute atomic E-state index is 11.6. The number of hydrogen-bond donors (Lipinski definition) is 0. The van der Waals surface area contributed by atoms with Crippen molar-refractivity contribution in [2.75, 3.05) is 6.54 Å². The fourth-order valence-corrected chi connectivity index (χ4v) is 1.58. The molecule has 0 aromatic heterocycles. The zero-order valence-corrected chi connectivity index (χ0v) is 7.33. The minimum atomic E-state index is 0.147. The minimum Gasteiger partial charge on any atom is -0.319 e. The number of hydrogen-bond acceptors (Lipinski definition) is 1. The summed E-state index contributed by atoms with van der Waals surface area (Å²) in [5.74, 6) is 0.352. The van der Waals surface area contributed by atoms with Gasteiger partial charge in [0.1, 0.15) is 0 Å². The van der Waals surface area contributed by atoms with Crippen LogP contribution < -0.4 is 0 Å². The highest BCUT2D eigenvalue weighted by molar-refractivity contribution is 5.80. The molecule has 0 saturated carbocycles. The molecule has 0 spiro atoms. The standard InChI is InChI=1S/C10H15NO/c1-3-6-9-7-5-8-11(4-2)10(9)12/h3-4,9H,1-2,5-8H2. The number of carbonyl (C=O) groups excluding carboxylic acids is 1. The Morgan fingerprint density at radius 1 is 1.58 bits per heavy atom. The number of nitrogens with zero attached hydrogens (tertiary/aromatic N) is 1. The van der Waals surface area contributed by atoms with Gasteiger partial charge in [0.2, 0.25) is 5.91 Å². The average molecular weight is 165 g/mol. The normalized spacial score (nSPS) is 23.8. The highest BCUT2D eigenvalue weighted by Gasteiger charge is 2.25. The van der Waals surface area contributed by atoms with Crippen LogP contribution in [-0.2, 0) is 4.79 Å². The Kier molecular flexibility index (Phi) is 3.09. The Labute approximate surface area is 73.6 Å². The van der Waals surface area contributed by atoms with Crippen LogP contribution in [0, 0.1) is 5.92 Å². The van der Waals surface area contributed by atoms with Gasteiger partial charge in [-0.2, -0.15) is 0 Å². The lowest BCUT2D eigenvalue weighted by Gasteiger charge is -2.28. The number of likely N-dealkylation sites (tertiary alicyclic amines) is 1. The first kappa shape index (κ1) is 9.04. The largest absolute Gasteiger partial charge is 0.319 e. The summed E-state index contributed by atoms with van der Waals surface area (Å²) >= 11 is 0. The van der Waals surface area contributed by atoms with Crippen LogP contribution in [0.5, 0.6) is 0 Å². The van der Waals surface area contributed by atoms with E-state index >= 15 is 0 Å². The van der Waals surface area contributed by atoms with Crippen molar-refractivity contribution in [3.63, 3.8) is 0 Å². The molecule has 1 aliphatic rings. The van der Waals surface area contributed by atoms with Crippen molar-refractivity contribution in [3.05, 3.63) is 25.4 Å². The molecule has 0 aromatic carbocycles. The Morgan fingerprint density at radius 3 is 2.92 bits per heavy atom. The average Bonchev–Trinajstić information content (AvgIpc) is 2.09. The summed E-state index contributed by atoms with van der Waals surface area (Å²) in [6.45, 7) is 8.08. The van der Waals surface area contributed by atoms with E-state index in [1.54, 1.807) is 11.1 Å². The van der Waals surface area contributed by atoms with Gasteiger partial charge < -0.3 is 4.90 Å². The molecule has 1 rings (SSSR count). The smallest absolute Gasteiger partial charge is 0.229 e. The molecule has 0 bridgehead atoms. The molecule has 12 heavy (non-hydrogen) atoms. The second-order valence-electron chi connectivity index (χ2n) is 3.08. The molecule has 0 radical (unpaired) electrons. The topological polar surface area (TPSA) is 20.3 Å². The molecule has 1 heterocycles. The first-order valence-corrected chi connectivity index (χ1v) is 4.33. The number of allylic oxidation sites excluding steroid dienone is 1. The van der Waals surface area contributed by atoms with Gasteiger partial charge in [0.05, 0.1) is 0 Å². The third-order valence-corrected chi connectivity index (χ3v) is 2.26. The van der Waals surface area contributed by atoms with Crippen molar-refractivity contribution in [1.82, 2.24) is 4.90 Å². The monoisotopic (exact) mass is 165 g/mol. The van der Waals surface area contributed by atoms with Crippen molar-refractivity contribution in [1.29, 1.82) is 0 Å². The lowest BCUT2D eigenvalue weighted by atomic mass is 9.94. The second kappa shape index (κ2) is 4.10. The van der Waals surface area contributed by atoms with Gasteiger partial charge in [-0.05, 0) is 25.5 Å². The summed E-state index contributed by atoms with van der Waals surface area (Å²) in [4.78, 5) is 13.3. The molecular weight excluding hydrogens is 150 g/mol. The molecule has 0 N–H and O–H groups in total. The highest BCUT2D eigenvalue weighted by atomic mass is 16.2. The number of amides is 1. The molecule has 1 aliphatic heterocycles. The third-order valence-electron chi connectivity index (χ3n) is 2.26. The van der Waals surface area contributed by atoms with Gasteiger partial charge in [0, 0.05) is 12.5 Å². The Morgan fingerprint density at radius 2 is 2.33 bits per heavy atom. The lowest BCUT2D eigenvalue weighted by molar-refractivity contribution is -0.135. The van der Waals surface area contributed by atoms with Crippen LogP contribution >= 0.6 is 0 Å². The number of carbonyl (C=O) groups is 1. The Hall–Kier alpha value is -1.05. The van der Waals surface area contributed by atoms with Crippen LogP contribution in [0.1, 0.15) is 19.3 Å². The summed E-state index contributed by atoms with van der Waals surface area (Å²) in [5.41, 5.74) is 0. The first-order chi connectivity index (χ1) is 5.79. The molecule has 0 aliphatic carbocycles. The molecule has 66 valence electrons. The van der Waals surface area contributed by atoms with E-state index < -0.39 is 0 Å². The van der Waals surface area contributed by atoms with Crippen LogP contribution in [0.4, 0.5) is 0 Å². The zero-order chi connectivity index (χ0) is 8.97. The predicted octanol–water partition coefficient (Wildman–Crippen LogP) is 1.94. The van der Waals surface area contributed by atoms with Gasteiger partial charge in [-0.25, -0.2) is 0 Å². The maximum atomic E-state index is 11.6. The molecular formula is C10H15NO. The van der Waals surface area contributed by atoms with Gasteiger partial charge >= 0.3 is 0 Å². The number of rotatable bonds is 3. The second-order valence-corrected chi connectivity index (χ2v) is 3.08. The van der Waals surface area contributed by atoms with E-state index in [4.69, 9.17) is 0 Å². The molecule has 0 aromatic rings. The van der Waals surface area contributed by atoms with E-state index in [2.05, 4.69) is 13.2 Å². The summed E-state index contributed by atoms with van der Waals surface area (Å²) in [5, 5.41) is 0. The van der Waals surface area contributed by atoms with Crippen molar-refractivity contribution in [2.24, 2.45) is 5.92 Å². The maximum Gasteiger partial charge on any atom is 0.229 e. The van der Waals surface area contributed by atoms with E-state index in [0.29, 0.717) is 0 Å². The zero-order valence-electron chi connectivity index (χ0n) is 7.33. The van der Waals surface area contributed by atoms with Gasteiger partial charge in [0.15, 0.2) is 0 Å². The van der Waals surface area contributed by atoms with Gasteiger partial charge in [-0.15, -0.1) is 6.58 Å². The SMILES string of the molecule is C=CCC1CCCN(C=C)C1=O. The van der Waals surface area contributed by atoms with E-state index in [0.717, 1.165) is 25.8 Å². The van der Waals surface area contributed by atoms with E-state index in [1.807, 2.05) is 6.08 Å². The highest BCUT2D eigenvalue weighted by Crippen LogP contribution is 2.21. The van der Waals surface area contributed by atoms with Crippen molar-refractivity contribution in [2.45, 2.75) is 19.3 Å². The van der Waals surface area contributed by atoms with Crippen molar-refractivity contribution < 1.29 is 4.79 Å². The van der Waals surface area contributed by atoms with E-state index in [-0.39, 0.29) is 11.8 Å². The summed E-state index contributed by atoms with van der Waals surface area (Å²) < 4.78 is 0. The summed E-state index contributed by atoms with van der Waals surface area (Å²) in [7, 11) is 0. The molecule has 1 amide bonds. The molecule has 1 fully saturated rings. The van der Waals surface area contributed by atoms with Crippen molar-refractivity contribution in [3.8, 4) is 0 Å². The molecule has 1 saturated heterocycles.